The van der Waals surface area contributed by atoms with Gasteiger partial charge in [-0.3, -0.25) is 9.78 Å². The van der Waals surface area contributed by atoms with Crippen molar-refractivity contribution in [2.24, 2.45) is 5.73 Å². The minimum atomic E-state index is -3.84. The lowest BCUT2D eigenvalue weighted by atomic mass is 10.1. The van der Waals surface area contributed by atoms with Crippen molar-refractivity contribution in [1.29, 1.82) is 0 Å². The Morgan fingerprint density at radius 1 is 0.889 bits per heavy atom. The normalized spacial score (nSPS) is 12.3. The third kappa shape index (κ3) is 6.35. The van der Waals surface area contributed by atoms with Crippen molar-refractivity contribution in [3.8, 4) is 0 Å². The second-order valence-electron chi connectivity index (χ2n) is 8.12. The van der Waals surface area contributed by atoms with Crippen molar-refractivity contribution in [2.75, 3.05) is 5.32 Å². The first kappa shape index (κ1) is 25.5. The zero-order chi connectivity index (χ0) is 25.5. The van der Waals surface area contributed by atoms with Crippen LogP contribution >= 0.6 is 11.6 Å². The summed E-state index contributed by atoms with van der Waals surface area (Å²) in [6.07, 6.45) is 1.63. The zero-order valence-electron chi connectivity index (χ0n) is 19.3. The Labute approximate surface area is 215 Å². The minimum Gasteiger partial charge on any atom is -0.324 e. The fourth-order valence-electron chi connectivity index (χ4n) is 3.58. The molecule has 1 amide bonds. The monoisotopic (exact) mass is 520 g/mol. The van der Waals surface area contributed by atoms with Gasteiger partial charge in [-0.25, -0.2) is 8.42 Å². The largest absolute Gasteiger partial charge is 0.324 e. The summed E-state index contributed by atoms with van der Waals surface area (Å²) in [7, 11) is -3.84. The van der Waals surface area contributed by atoms with E-state index in [2.05, 4.69) is 10.3 Å². The van der Waals surface area contributed by atoms with Crippen LogP contribution in [0.3, 0.4) is 0 Å². The Bertz CT molecular complexity index is 1400. The Kier molecular flexibility index (Phi) is 8.12. The minimum absolute atomic E-state index is 0.0935. The lowest BCUT2D eigenvalue weighted by molar-refractivity contribution is -0.117. The SMILES string of the molecule is NC(C(=O)Nc1ccc(CN(Cc2ccccn2)S(=O)(=O)c2ccc(Cl)cc2)cc1)c1ccccc1. The second kappa shape index (κ2) is 11.5. The fraction of sp³-hybridized carbons (Fsp3) is 0.111. The van der Waals surface area contributed by atoms with Gasteiger partial charge in [0, 0.05) is 23.5 Å². The summed E-state index contributed by atoms with van der Waals surface area (Å²) in [5, 5.41) is 3.26. The molecule has 0 radical (unpaired) electrons. The summed E-state index contributed by atoms with van der Waals surface area (Å²) < 4.78 is 28.3. The number of halogens is 1. The molecule has 4 rings (SSSR count). The van der Waals surface area contributed by atoms with Crippen molar-refractivity contribution >= 4 is 33.2 Å². The van der Waals surface area contributed by atoms with Crippen LogP contribution in [0.25, 0.3) is 0 Å². The summed E-state index contributed by atoms with van der Waals surface area (Å²) in [4.78, 5) is 17.0. The van der Waals surface area contributed by atoms with Gasteiger partial charge >= 0.3 is 0 Å². The number of nitrogens with one attached hydrogen (secondary N) is 1. The van der Waals surface area contributed by atoms with E-state index in [1.807, 2.05) is 24.3 Å². The molecule has 7 nitrogen and oxygen atoms in total. The van der Waals surface area contributed by atoms with Crippen molar-refractivity contribution in [2.45, 2.75) is 24.0 Å². The van der Waals surface area contributed by atoms with E-state index in [4.69, 9.17) is 17.3 Å². The average Bonchev–Trinajstić information content (AvgIpc) is 2.90. The molecule has 1 atom stereocenters. The molecule has 1 aromatic heterocycles. The van der Waals surface area contributed by atoms with Gasteiger partial charge in [0.2, 0.25) is 15.9 Å². The molecule has 0 aliphatic rings. The highest BCUT2D eigenvalue weighted by Crippen LogP contribution is 2.23. The summed E-state index contributed by atoms with van der Waals surface area (Å²) in [6, 6.07) is 26.7. The standard InChI is InChI=1S/C27H25ClN4O3S/c28-22-11-15-25(16-12-22)36(34,35)32(19-24-8-4-5-17-30-24)18-20-9-13-23(14-10-20)31-27(33)26(29)21-6-2-1-3-7-21/h1-17,26H,18-19,29H2,(H,31,33). The molecule has 1 heterocycles. The van der Waals surface area contributed by atoms with E-state index in [1.165, 1.54) is 16.4 Å². The first-order chi connectivity index (χ1) is 17.3. The molecular formula is C27H25ClN4O3S. The molecule has 0 aliphatic heterocycles. The van der Waals surface area contributed by atoms with Crippen molar-refractivity contribution in [3.63, 3.8) is 0 Å². The zero-order valence-corrected chi connectivity index (χ0v) is 20.9. The predicted molar refractivity (Wildman–Crippen MR) is 141 cm³/mol. The first-order valence-electron chi connectivity index (χ1n) is 11.2. The summed E-state index contributed by atoms with van der Waals surface area (Å²) in [5.41, 5.74) is 8.71. The molecule has 0 fully saturated rings. The van der Waals surface area contributed by atoms with Crippen LogP contribution in [0, 0.1) is 0 Å². The number of hydrogen-bond acceptors (Lipinski definition) is 5. The van der Waals surface area contributed by atoms with Gasteiger partial charge in [-0.05, 0) is 59.7 Å². The van der Waals surface area contributed by atoms with Crippen LogP contribution in [0.1, 0.15) is 22.9 Å². The molecule has 0 saturated heterocycles. The van der Waals surface area contributed by atoms with Crippen molar-refractivity contribution in [1.82, 2.24) is 9.29 Å². The van der Waals surface area contributed by atoms with E-state index in [9.17, 15) is 13.2 Å². The van der Waals surface area contributed by atoms with Crippen LogP contribution in [0.4, 0.5) is 5.69 Å². The topological polar surface area (TPSA) is 105 Å². The number of pyridine rings is 1. The third-order valence-corrected chi connectivity index (χ3v) is 7.60. The third-order valence-electron chi connectivity index (χ3n) is 5.54. The van der Waals surface area contributed by atoms with Crippen LogP contribution < -0.4 is 11.1 Å². The highest BCUT2D eigenvalue weighted by molar-refractivity contribution is 7.89. The maximum Gasteiger partial charge on any atom is 0.245 e. The lowest BCUT2D eigenvalue weighted by Crippen LogP contribution is -2.30. The first-order valence-corrected chi connectivity index (χ1v) is 13.0. The van der Waals surface area contributed by atoms with E-state index in [1.54, 1.807) is 66.9 Å². The van der Waals surface area contributed by atoms with Gasteiger partial charge in [0.05, 0.1) is 17.1 Å². The summed E-state index contributed by atoms with van der Waals surface area (Å²) in [5.74, 6) is -0.337. The number of hydrogen-bond donors (Lipinski definition) is 2. The van der Waals surface area contributed by atoms with Crippen LogP contribution in [-0.4, -0.2) is 23.6 Å². The Hall–Kier alpha value is -3.56. The number of nitrogens with zero attached hydrogens (tertiary/aromatic N) is 2. The number of anilines is 1. The molecule has 4 aromatic rings. The van der Waals surface area contributed by atoms with Gasteiger partial charge in [-0.2, -0.15) is 4.31 Å². The summed E-state index contributed by atoms with van der Waals surface area (Å²) >= 11 is 5.95. The molecule has 1 unspecified atom stereocenters. The molecule has 0 spiro atoms. The van der Waals surface area contributed by atoms with E-state index in [0.29, 0.717) is 22.0 Å². The Morgan fingerprint density at radius 2 is 1.56 bits per heavy atom. The Morgan fingerprint density at radius 3 is 2.19 bits per heavy atom. The van der Waals surface area contributed by atoms with Gasteiger partial charge in [-0.15, -0.1) is 0 Å². The van der Waals surface area contributed by atoms with Gasteiger partial charge < -0.3 is 11.1 Å². The number of carbonyl (C=O) groups is 1. The van der Waals surface area contributed by atoms with E-state index >= 15 is 0 Å². The van der Waals surface area contributed by atoms with Crippen LogP contribution in [0.2, 0.25) is 5.02 Å². The number of aromatic nitrogens is 1. The molecule has 3 N–H and O–H groups in total. The van der Waals surface area contributed by atoms with Crippen LogP contribution in [0.5, 0.6) is 0 Å². The summed E-state index contributed by atoms with van der Waals surface area (Å²) in [6.45, 7) is 0.204. The van der Waals surface area contributed by atoms with Gasteiger partial charge in [-0.1, -0.05) is 60.1 Å². The van der Waals surface area contributed by atoms with Crippen LogP contribution in [0.15, 0.2) is 108 Å². The van der Waals surface area contributed by atoms with Crippen molar-refractivity contribution in [3.05, 3.63) is 125 Å². The highest BCUT2D eigenvalue weighted by Gasteiger charge is 2.25. The number of sulfonamides is 1. The van der Waals surface area contributed by atoms with E-state index in [-0.39, 0.29) is 23.9 Å². The van der Waals surface area contributed by atoms with Gasteiger partial charge in [0.15, 0.2) is 0 Å². The molecule has 184 valence electrons. The average molecular weight is 521 g/mol. The molecule has 0 bridgehead atoms. The number of carbonyl (C=O) groups excluding carboxylic acids is 1. The molecule has 3 aromatic carbocycles. The smallest absolute Gasteiger partial charge is 0.245 e. The maximum absolute atomic E-state index is 13.5. The number of benzene rings is 3. The quantitative estimate of drug-likeness (QED) is 0.331. The number of nitrogens with two attached hydrogens (primary N) is 1. The molecule has 0 aliphatic carbocycles. The maximum atomic E-state index is 13.5. The Balaban J connectivity index is 1.52. The van der Waals surface area contributed by atoms with Crippen LogP contribution in [-0.2, 0) is 27.9 Å². The number of amides is 1. The second-order valence-corrected chi connectivity index (χ2v) is 10.5. The van der Waals surface area contributed by atoms with Gasteiger partial charge in [0.1, 0.15) is 6.04 Å². The molecular weight excluding hydrogens is 496 g/mol. The van der Waals surface area contributed by atoms with E-state index in [0.717, 1.165) is 5.56 Å². The number of rotatable bonds is 9. The molecule has 36 heavy (non-hydrogen) atoms. The molecule has 9 heteroatoms. The lowest BCUT2D eigenvalue weighted by Gasteiger charge is -2.22. The predicted octanol–water partition coefficient (Wildman–Crippen LogP) is 4.76. The highest BCUT2D eigenvalue weighted by atomic mass is 35.5. The van der Waals surface area contributed by atoms with Gasteiger partial charge in [0.25, 0.3) is 0 Å². The van der Waals surface area contributed by atoms with Crippen molar-refractivity contribution < 1.29 is 13.2 Å². The fourth-order valence-corrected chi connectivity index (χ4v) is 5.11. The van der Waals surface area contributed by atoms with E-state index < -0.39 is 16.1 Å². The molecule has 0 saturated carbocycles.